The lowest BCUT2D eigenvalue weighted by atomic mass is 10.1. The fourth-order valence-corrected chi connectivity index (χ4v) is 1.36. The molecular weight excluding hydrogens is 259 g/mol. The van der Waals surface area contributed by atoms with E-state index in [0.29, 0.717) is 13.0 Å². The molecule has 0 radical (unpaired) electrons. The van der Waals surface area contributed by atoms with Crippen LogP contribution in [0.25, 0.3) is 0 Å². The number of halogens is 2. The predicted molar refractivity (Wildman–Crippen MR) is 70.6 cm³/mol. The first kappa shape index (κ1) is 16.7. The van der Waals surface area contributed by atoms with E-state index >= 15 is 0 Å². The van der Waals surface area contributed by atoms with E-state index in [1.165, 1.54) is 13.2 Å². The number of ether oxygens (including phenoxy) is 1. The zero-order valence-electron chi connectivity index (χ0n) is 10.4. The third-order valence-corrected chi connectivity index (χ3v) is 2.34. The topological polar surface area (TPSA) is 64.3 Å². The first-order valence-electron chi connectivity index (χ1n) is 5.40. The summed E-state index contributed by atoms with van der Waals surface area (Å²) >= 11 is 0. The highest BCUT2D eigenvalue weighted by atomic mass is 35.5. The number of hydrogen-bond acceptors (Lipinski definition) is 3. The van der Waals surface area contributed by atoms with Gasteiger partial charge in [-0.3, -0.25) is 4.79 Å². The van der Waals surface area contributed by atoms with Crippen LogP contribution < -0.4 is 15.8 Å². The summed E-state index contributed by atoms with van der Waals surface area (Å²) in [5.74, 6) is -0.393. The van der Waals surface area contributed by atoms with Crippen molar-refractivity contribution in [3.63, 3.8) is 0 Å². The first-order valence-corrected chi connectivity index (χ1v) is 5.40. The van der Waals surface area contributed by atoms with Crippen molar-refractivity contribution < 1.29 is 13.9 Å². The molecule has 18 heavy (non-hydrogen) atoms. The van der Waals surface area contributed by atoms with Crippen LogP contribution in [0.5, 0.6) is 5.75 Å². The molecule has 0 aliphatic carbocycles. The van der Waals surface area contributed by atoms with E-state index < -0.39 is 11.9 Å². The van der Waals surface area contributed by atoms with Gasteiger partial charge in [0.1, 0.15) is 0 Å². The lowest BCUT2D eigenvalue weighted by Crippen LogP contribution is -2.39. The molecule has 0 unspecified atom stereocenters. The van der Waals surface area contributed by atoms with Gasteiger partial charge in [-0.2, -0.15) is 0 Å². The fraction of sp³-hybridized carbons (Fsp3) is 0.417. The molecule has 0 saturated heterocycles. The molecule has 1 amide bonds. The summed E-state index contributed by atoms with van der Waals surface area (Å²) in [6, 6.07) is 4.21. The second-order valence-corrected chi connectivity index (χ2v) is 3.80. The van der Waals surface area contributed by atoms with E-state index in [2.05, 4.69) is 5.32 Å². The monoisotopic (exact) mass is 276 g/mol. The zero-order chi connectivity index (χ0) is 12.8. The van der Waals surface area contributed by atoms with Gasteiger partial charge in [0.2, 0.25) is 5.91 Å². The Morgan fingerprint density at radius 2 is 2.22 bits per heavy atom. The van der Waals surface area contributed by atoms with E-state index in [1.54, 1.807) is 19.1 Å². The molecule has 1 aromatic carbocycles. The van der Waals surface area contributed by atoms with E-state index in [9.17, 15) is 9.18 Å². The van der Waals surface area contributed by atoms with Crippen LogP contribution >= 0.6 is 12.4 Å². The van der Waals surface area contributed by atoms with E-state index in [-0.39, 0.29) is 24.1 Å². The molecular formula is C12H18ClFN2O2. The highest BCUT2D eigenvalue weighted by Crippen LogP contribution is 2.17. The third kappa shape index (κ3) is 4.89. The van der Waals surface area contributed by atoms with Gasteiger partial charge in [-0.25, -0.2) is 4.39 Å². The lowest BCUT2D eigenvalue weighted by molar-refractivity contribution is -0.121. The molecule has 0 spiro atoms. The number of carbonyl (C=O) groups is 1. The summed E-state index contributed by atoms with van der Waals surface area (Å²) in [5, 5.41) is 2.66. The van der Waals surface area contributed by atoms with Crippen LogP contribution in [-0.2, 0) is 11.2 Å². The number of hydrogen-bond donors (Lipinski definition) is 2. The quantitative estimate of drug-likeness (QED) is 0.851. The molecule has 0 aromatic heterocycles. The van der Waals surface area contributed by atoms with Crippen molar-refractivity contribution >= 4 is 18.3 Å². The van der Waals surface area contributed by atoms with Crippen LogP contribution in [0.2, 0.25) is 0 Å². The average molecular weight is 277 g/mol. The van der Waals surface area contributed by atoms with Gasteiger partial charge >= 0.3 is 0 Å². The molecule has 1 aromatic rings. The van der Waals surface area contributed by atoms with Gasteiger partial charge in [0.15, 0.2) is 11.6 Å². The SMILES string of the molecule is COc1ccc(CCNC(=O)[C@@H](C)N)cc1F.Cl. The summed E-state index contributed by atoms with van der Waals surface area (Å²) in [5.41, 5.74) is 6.19. The number of amides is 1. The Hall–Kier alpha value is -1.33. The molecule has 3 N–H and O–H groups in total. The Labute approximate surface area is 112 Å². The Morgan fingerprint density at radius 1 is 1.56 bits per heavy atom. The van der Waals surface area contributed by atoms with Gasteiger partial charge < -0.3 is 15.8 Å². The van der Waals surface area contributed by atoms with Crippen LogP contribution in [0.3, 0.4) is 0 Å². The summed E-state index contributed by atoms with van der Waals surface area (Å²) in [7, 11) is 1.42. The average Bonchev–Trinajstić information content (AvgIpc) is 2.29. The molecule has 0 aliphatic heterocycles. The maximum Gasteiger partial charge on any atom is 0.236 e. The smallest absolute Gasteiger partial charge is 0.236 e. The summed E-state index contributed by atoms with van der Waals surface area (Å²) < 4.78 is 18.1. The number of rotatable bonds is 5. The van der Waals surface area contributed by atoms with Crippen LogP contribution in [0, 0.1) is 5.82 Å². The molecule has 0 bridgehead atoms. The van der Waals surface area contributed by atoms with Gasteiger partial charge in [0.05, 0.1) is 13.2 Å². The minimum atomic E-state index is -0.525. The normalized spacial score (nSPS) is 11.3. The molecule has 0 aliphatic rings. The number of nitrogens with two attached hydrogens (primary N) is 1. The van der Waals surface area contributed by atoms with Crippen molar-refractivity contribution in [1.29, 1.82) is 0 Å². The Balaban J connectivity index is 0.00000289. The summed E-state index contributed by atoms with van der Waals surface area (Å²) in [6.45, 7) is 2.05. The largest absolute Gasteiger partial charge is 0.494 e. The second-order valence-electron chi connectivity index (χ2n) is 3.80. The number of benzene rings is 1. The van der Waals surface area contributed by atoms with Crippen molar-refractivity contribution in [2.24, 2.45) is 5.73 Å². The van der Waals surface area contributed by atoms with Crippen molar-refractivity contribution in [2.45, 2.75) is 19.4 Å². The van der Waals surface area contributed by atoms with Crippen molar-refractivity contribution in [1.82, 2.24) is 5.32 Å². The standard InChI is InChI=1S/C12H17FN2O2.ClH/c1-8(14)12(16)15-6-5-9-3-4-11(17-2)10(13)7-9;/h3-4,7-8H,5-6,14H2,1-2H3,(H,15,16);1H/t8-;/m1./s1. The van der Waals surface area contributed by atoms with Crippen LogP contribution in [-0.4, -0.2) is 25.6 Å². The number of methoxy groups -OCH3 is 1. The van der Waals surface area contributed by atoms with E-state index in [1.807, 2.05) is 0 Å². The number of nitrogens with one attached hydrogen (secondary N) is 1. The molecule has 1 atom stereocenters. The van der Waals surface area contributed by atoms with E-state index in [4.69, 9.17) is 10.5 Å². The van der Waals surface area contributed by atoms with Gasteiger partial charge in [-0.05, 0) is 31.0 Å². The second kappa shape index (κ2) is 7.89. The fourth-order valence-electron chi connectivity index (χ4n) is 1.36. The Kier molecular flexibility index (Phi) is 7.31. The van der Waals surface area contributed by atoms with Gasteiger partial charge in [-0.15, -0.1) is 12.4 Å². The summed E-state index contributed by atoms with van der Waals surface area (Å²) in [4.78, 5) is 11.2. The lowest BCUT2D eigenvalue weighted by Gasteiger charge is -2.08. The first-order chi connectivity index (χ1) is 8.04. The van der Waals surface area contributed by atoms with Crippen molar-refractivity contribution in [3.05, 3.63) is 29.6 Å². The third-order valence-electron chi connectivity index (χ3n) is 2.34. The molecule has 0 heterocycles. The molecule has 4 nitrogen and oxygen atoms in total. The summed E-state index contributed by atoms with van der Waals surface area (Å²) in [6.07, 6.45) is 0.555. The van der Waals surface area contributed by atoms with Crippen LogP contribution in [0.4, 0.5) is 4.39 Å². The predicted octanol–water partition coefficient (Wildman–Crippen LogP) is 1.26. The molecule has 0 fully saturated rings. The van der Waals surface area contributed by atoms with E-state index in [0.717, 1.165) is 5.56 Å². The highest BCUT2D eigenvalue weighted by Gasteiger charge is 2.07. The molecule has 0 saturated carbocycles. The van der Waals surface area contributed by atoms with Gasteiger partial charge in [0, 0.05) is 6.54 Å². The maximum absolute atomic E-state index is 13.3. The molecule has 6 heteroatoms. The van der Waals surface area contributed by atoms with Gasteiger partial charge in [-0.1, -0.05) is 6.07 Å². The zero-order valence-corrected chi connectivity index (χ0v) is 11.2. The van der Waals surface area contributed by atoms with Crippen molar-refractivity contribution in [2.75, 3.05) is 13.7 Å². The minimum Gasteiger partial charge on any atom is -0.494 e. The van der Waals surface area contributed by atoms with Crippen LogP contribution in [0.15, 0.2) is 18.2 Å². The Morgan fingerprint density at radius 3 is 2.72 bits per heavy atom. The maximum atomic E-state index is 13.3. The number of carbonyl (C=O) groups excluding carboxylic acids is 1. The minimum absolute atomic E-state index is 0. The highest BCUT2D eigenvalue weighted by molar-refractivity contribution is 5.85. The van der Waals surface area contributed by atoms with Crippen molar-refractivity contribution in [3.8, 4) is 5.75 Å². The molecule has 1 rings (SSSR count). The molecule has 102 valence electrons. The Bertz CT molecular complexity index is 400. The van der Waals surface area contributed by atoms with Gasteiger partial charge in [0.25, 0.3) is 0 Å². The van der Waals surface area contributed by atoms with Crippen LogP contribution in [0.1, 0.15) is 12.5 Å².